The maximum absolute atomic E-state index is 12.3. The molecule has 0 heterocycles. The molecule has 0 aromatic heterocycles. The molecule has 2 N–H and O–H groups in total. The highest BCUT2D eigenvalue weighted by Crippen LogP contribution is 2.35. The summed E-state index contributed by atoms with van der Waals surface area (Å²) in [5.74, 6) is -0.226. The summed E-state index contributed by atoms with van der Waals surface area (Å²) >= 11 is 14.3. The molecule has 3 aromatic rings. The Kier molecular flexibility index (Phi) is 9.13. The average Bonchev–Trinajstić information content (AvgIpc) is 2.80. The average molecular weight is 630 g/mol. The first-order chi connectivity index (χ1) is 16.7. The van der Waals surface area contributed by atoms with E-state index in [1.165, 1.54) is 6.21 Å². The highest BCUT2D eigenvalue weighted by molar-refractivity contribution is 14.1. The SMILES string of the molecule is CCOc1cc(/C=N\NC(=O)c2cc([N+](=O)[O-])ccc2O)cc(I)c1OCc1ccc(Cl)cc1Cl. The number of ether oxygens (including phenoxy) is 2. The van der Waals surface area contributed by atoms with Gasteiger partial charge in [-0.1, -0.05) is 29.3 Å². The van der Waals surface area contributed by atoms with Crippen molar-refractivity contribution in [3.05, 3.63) is 89.0 Å². The van der Waals surface area contributed by atoms with Crippen molar-refractivity contribution < 1.29 is 24.3 Å². The van der Waals surface area contributed by atoms with Gasteiger partial charge in [0.15, 0.2) is 11.5 Å². The van der Waals surface area contributed by atoms with Gasteiger partial charge in [-0.3, -0.25) is 14.9 Å². The van der Waals surface area contributed by atoms with E-state index in [2.05, 4.69) is 33.1 Å². The highest BCUT2D eigenvalue weighted by Gasteiger charge is 2.17. The van der Waals surface area contributed by atoms with E-state index in [-0.39, 0.29) is 17.9 Å². The Morgan fingerprint density at radius 3 is 2.66 bits per heavy atom. The lowest BCUT2D eigenvalue weighted by atomic mass is 10.1. The molecule has 0 aliphatic rings. The van der Waals surface area contributed by atoms with Gasteiger partial charge in [-0.15, -0.1) is 0 Å². The highest BCUT2D eigenvalue weighted by atomic mass is 127. The van der Waals surface area contributed by atoms with Gasteiger partial charge in [0.1, 0.15) is 12.4 Å². The number of hydrogen-bond acceptors (Lipinski definition) is 7. The van der Waals surface area contributed by atoms with Crippen molar-refractivity contribution in [2.75, 3.05) is 6.61 Å². The number of nitro groups is 1. The van der Waals surface area contributed by atoms with E-state index in [4.69, 9.17) is 32.7 Å². The van der Waals surface area contributed by atoms with Crippen LogP contribution in [0.25, 0.3) is 0 Å². The van der Waals surface area contributed by atoms with Crippen LogP contribution >= 0.6 is 45.8 Å². The molecular formula is C23H18Cl2IN3O6. The van der Waals surface area contributed by atoms with Crippen LogP contribution < -0.4 is 14.9 Å². The van der Waals surface area contributed by atoms with E-state index in [1.807, 2.05) is 6.92 Å². The zero-order valence-electron chi connectivity index (χ0n) is 18.1. The van der Waals surface area contributed by atoms with Gasteiger partial charge in [-0.2, -0.15) is 5.10 Å². The van der Waals surface area contributed by atoms with Crippen LogP contribution in [0.2, 0.25) is 10.0 Å². The summed E-state index contributed by atoms with van der Waals surface area (Å²) in [6, 6.07) is 11.7. The number of hydrogen-bond donors (Lipinski definition) is 2. The predicted octanol–water partition coefficient (Wildman–Crippen LogP) is 5.95. The first-order valence-electron chi connectivity index (χ1n) is 10.0. The Hall–Kier alpha value is -3.09. The number of non-ortho nitro benzene ring substituents is 1. The minimum atomic E-state index is -0.804. The Labute approximate surface area is 223 Å². The van der Waals surface area contributed by atoms with Crippen molar-refractivity contribution in [3.63, 3.8) is 0 Å². The summed E-state index contributed by atoms with van der Waals surface area (Å²) in [6.07, 6.45) is 1.37. The molecule has 3 aromatic carbocycles. The second kappa shape index (κ2) is 12.0. The van der Waals surface area contributed by atoms with Gasteiger partial charge >= 0.3 is 0 Å². The number of amides is 1. The number of halogens is 3. The van der Waals surface area contributed by atoms with Gasteiger partial charge in [0.05, 0.1) is 26.9 Å². The number of phenolic OH excluding ortho intramolecular Hbond substituents is 1. The summed E-state index contributed by atoms with van der Waals surface area (Å²) in [5.41, 5.74) is 2.99. The fourth-order valence-corrected chi connectivity index (χ4v) is 4.14. The minimum Gasteiger partial charge on any atom is -0.507 e. The number of nitrogens with one attached hydrogen (secondary N) is 1. The van der Waals surface area contributed by atoms with Crippen molar-refractivity contribution in [2.45, 2.75) is 13.5 Å². The number of aromatic hydroxyl groups is 1. The van der Waals surface area contributed by atoms with E-state index in [1.54, 1.807) is 30.3 Å². The lowest BCUT2D eigenvalue weighted by Gasteiger charge is -2.15. The molecule has 0 saturated heterocycles. The van der Waals surface area contributed by atoms with Crippen LogP contribution in [0.4, 0.5) is 5.69 Å². The summed E-state index contributed by atoms with van der Waals surface area (Å²) < 4.78 is 12.4. The van der Waals surface area contributed by atoms with Gasteiger partial charge in [0, 0.05) is 27.7 Å². The molecule has 3 rings (SSSR count). The monoisotopic (exact) mass is 629 g/mol. The fraction of sp³-hybridized carbons (Fsp3) is 0.130. The molecule has 0 atom stereocenters. The molecule has 9 nitrogen and oxygen atoms in total. The fourth-order valence-electron chi connectivity index (χ4n) is 2.90. The molecule has 35 heavy (non-hydrogen) atoms. The van der Waals surface area contributed by atoms with Crippen molar-refractivity contribution in [1.82, 2.24) is 5.43 Å². The van der Waals surface area contributed by atoms with Crippen LogP contribution in [0.5, 0.6) is 17.2 Å². The van der Waals surface area contributed by atoms with Gasteiger partial charge < -0.3 is 14.6 Å². The number of nitro benzene ring substituents is 1. The number of phenols is 1. The van der Waals surface area contributed by atoms with E-state index in [0.717, 1.165) is 27.3 Å². The molecule has 0 unspecified atom stereocenters. The summed E-state index contributed by atoms with van der Waals surface area (Å²) in [6.45, 7) is 2.42. The van der Waals surface area contributed by atoms with Crippen LogP contribution in [-0.2, 0) is 6.61 Å². The van der Waals surface area contributed by atoms with Crippen molar-refractivity contribution in [1.29, 1.82) is 0 Å². The maximum atomic E-state index is 12.3. The van der Waals surface area contributed by atoms with Gasteiger partial charge in [-0.25, -0.2) is 5.43 Å². The molecule has 0 aliphatic carbocycles. The molecule has 0 radical (unpaired) electrons. The molecule has 12 heteroatoms. The lowest BCUT2D eigenvalue weighted by Crippen LogP contribution is -2.18. The van der Waals surface area contributed by atoms with Gasteiger partial charge in [0.25, 0.3) is 11.6 Å². The van der Waals surface area contributed by atoms with Crippen LogP contribution in [0.1, 0.15) is 28.4 Å². The summed E-state index contributed by atoms with van der Waals surface area (Å²) in [4.78, 5) is 22.6. The number of carbonyl (C=O) groups excluding carboxylic acids is 1. The zero-order valence-corrected chi connectivity index (χ0v) is 21.8. The maximum Gasteiger partial charge on any atom is 0.275 e. The summed E-state index contributed by atoms with van der Waals surface area (Å²) in [7, 11) is 0. The molecule has 0 bridgehead atoms. The number of rotatable bonds is 9. The van der Waals surface area contributed by atoms with Crippen LogP contribution in [0.3, 0.4) is 0 Å². The Morgan fingerprint density at radius 2 is 1.97 bits per heavy atom. The predicted molar refractivity (Wildman–Crippen MR) is 141 cm³/mol. The van der Waals surface area contributed by atoms with Crippen molar-refractivity contribution in [2.24, 2.45) is 5.10 Å². The van der Waals surface area contributed by atoms with E-state index in [9.17, 15) is 20.0 Å². The van der Waals surface area contributed by atoms with E-state index in [0.29, 0.717) is 33.7 Å². The third-order valence-corrected chi connectivity index (χ3v) is 5.92. The number of hydrazone groups is 1. The minimum absolute atomic E-state index is 0.197. The van der Waals surface area contributed by atoms with Crippen LogP contribution in [0, 0.1) is 13.7 Å². The number of nitrogens with zero attached hydrogens (tertiary/aromatic N) is 2. The Balaban J connectivity index is 1.76. The van der Waals surface area contributed by atoms with Gasteiger partial charge in [-0.05, 0) is 65.4 Å². The topological polar surface area (TPSA) is 123 Å². The quantitative estimate of drug-likeness (QED) is 0.130. The van der Waals surface area contributed by atoms with Crippen molar-refractivity contribution in [3.8, 4) is 17.2 Å². The van der Waals surface area contributed by atoms with Crippen molar-refractivity contribution >= 4 is 63.6 Å². The third kappa shape index (κ3) is 6.96. The molecule has 0 aliphatic heterocycles. The van der Waals surface area contributed by atoms with Crippen LogP contribution in [0.15, 0.2) is 53.6 Å². The zero-order chi connectivity index (χ0) is 25.5. The molecule has 1 amide bonds. The van der Waals surface area contributed by atoms with E-state index < -0.39 is 16.6 Å². The smallest absolute Gasteiger partial charge is 0.275 e. The molecule has 0 saturated carbocycles. The molecule has 0 fully saturated rings. The van der Waals surface area contributed by atoms with E-state index >= 15 is 0 Å². The third-order valence-electron chi connectivity index (χ3n) is 4.53. The van der Waals surface area contributed by atoms with Crippen LogP contribution in [-0.4, -0.2) is 28.8 Å². The van der Waals surface area contributed by atoms with Gasteiger partial charge in [0.2, 0.25) is 0 Å². The normalized spacial score (nSPS) is 10.9. The molecular weight excluding hydrogens is 612 g/mol. The molecule has 182 valence electrons. The first-order valence-corrected chi connectivity index (χ1v) is 11.9. The Bertz CT molecular complexity index is 1300. The second-order valence-corrected chi connectivity index (χ2v) is 8.95. The lowest BCUT2D eigenvalue weighted by molar-refractivity contribution is -0.384. The second-order valence-electron chi connectivity index (χ2n) is 6.95. The largest absolute Gasteiger partial charge is 0.507 e. The number of carbonyl (C=O) groups is 1. The Morgan fingerprint density at radius 1 is 1.20 bits per heavy atom. The summed E-state index contributed by atoms with van der Waals surface area (Å²) in [5, 5.41) is 25.7. The first kappa shape index (κ1) is 26.5. The molecule has 0 spiro atoms. The standard InChI is InChI=1S/C23H18Cl2IN3O6/c1-2-34-21-8-13(7-19(26)22(21)35-12-14-3-4-15(24)9-18(14)25)11-27-28-23(31)17-10-16(29(32)33)5-6-20(17)30/h3-11,30H,2,12H2,1H3,(H,28,31)/b27-11-. The number of benzene rings is 3.